The maximum Gasteiger partial charge on any atom is 0.416 e. The first-order chi connectivity index (χ1) is 14.7. The molecule has 0 atom stereocenters. The van der Waals surface area contributed by atoms with Crippen LogP contribution in [0.4, 0.5) is 24.9 Å². The monoisotopic (exact) mass is 432 g/mol. The summed E-state index contributed by atoms with van der Waals surface area (Å²) < 4.78 is 44.9. The van der Waals surface area contributed by atoms with E-state index in [1.54, 1.807) is 18.2 Å². The lowest BCUT2D eigenvalue weighted by atomic mass is 10.0. The number of benzene rings is 1. The third kappa shape index (κ3) is 4.05. The number of rotatable bonds is 7. The predicted molar refractivity (Wildman–Crippen MR) is 107 cm³/mol. The number of anilines is 2. The number of hydrogen-bond acceptors (Lipinski definition) is 6. The summed E-state index contributed by atoms with van der Waals surface area (Å²) in [6, 6.07) is 8.21. The fourth-order valence-corrected chi connectivity index (χ4v) is 3.41. The molecule has 1 aliphatic carbocycles. The van der Waals surface area contributed by atoms with Crippen molar-refractivity contribution in [2.75, 3.05) is 17.2 Å². The second kappa shape index (κ2) is 7.60. The normalized spacial score (nSPS) is 14.8. The molecule has 1 fully saturated rings. The molecule has 7 nitrogen and oxygen atoms in total. The van der Waals surface area contributed by atoms with E-state index in [0.29, 0.717) is 24.9 Å². The van der Waals surface area contributed by atoms with Gasteiger partial charge in [-0.25, -0.2) is 9.78 Å². The van der Waals surface area contributed by atoms with Gasteiger partial charge in [-0.1, -0.05) is 12.1 Å². The fourth-order valence-electron chi connectivity index (χ4n) is 3.41. The largest absolute Gasteiger partial charge is 0.477 e. The van der Waals surface area contributed by atoms with Gasteiger partial charge in [0.2, 0.25) is 5.95 Å². The number of alkyl halides is 3. The minimum atomic E-state index is -4.47. The van der Waals surface area contributed by atoms with E-state index in [1.165, 1.54) is 12.3 Å². The average Bonchev–Trinajstić information content (AvgIpc) is 3.28. The van der Waals surface area contributed by atoms with Crippen LogP contribution in [0.1, 0.15) is 41.3 Å². The van der Waals surface area contributed by atoms with Crippen LogP contribution in [0.25, 0.3) is 11.5 Å². The number of hydrogen-bond donors (Lipinski definition) is 3. The summed E-state index contributed by atoms with van der Waals surface area (Å²) in [5.41, 5.74) is -1.32. The molecular weight excluding hydrogens is 413 g/mol. The molecule has 31 heavy (non-hydrogen) atoms. The second-order valence-electron chi connectivity index (χ2n) is 7.22. The Morgan fingerprint density at radius 1 is 1.23 bits per heavy atom. The maximum absolute atomic E-state index is 13.2. The van der Waals surface area contributed by atoms with Crippen molar-refractivity contribution in [3.05, 3.63) is 59.4 Å². The highest BCUT2D eigenvalue weighted by atomic mass is 19.4. The molecule has 0 radical (unpaired) electrons. The number of nitrogens with one attached hydrogen (secondary N) is 2. The molecule has 3 N–H and O–H groups in total. The van der Waals surface area contributed by atoms with Crippen LogP contribution in [0.3, 0.4) is 0 Å². The van der Waals surface area contributed by atoms with E-state index >= 15 is 0 Å². The molecule has 4 rings (SSSR count). The first kappa shape index (κ1) is 20.7. The van der Waals surface area contributed by atoms with E-state index in [1.807, 2.05) is 6.92 Å². The van der Waals surface area contributed by atoms with Crippen molar-refractivity contribution in [2.24, 2.45) is 0 Å². The summed E-state index contributed by atoms with van der Waals surface area (Å²) in [5, 5.41) is 15.9. The number of carboxylic acids is 1. The number of carbonyl (C=O) groups is 1. The minimum absolute atomic E-state index is 0.0137. The van der Waals surface area contributed by atoms with Crippen molar-refractivity contribution in [3.63, 3.8) is 0 Å². The van der Waals surface area contributed by atoms with E-state index in [4.69, 9.17) is 4.42 Å². The summed E-state index contributed by atoms with van der Waals surface area (Å²) in [4.78, 5) is 20.7. The van der Waals surface area contributed by atoms with E-state index in [-0.39, 0.29) is 28.8 Å². The Morgan fingerprint density at radius 2 is 2.00 bits per heavy atom. The van der Waals surface area contributed by atoms with Crippen LogP contribution in [0, 0.1) is 0 Å². The van der Waals surface area contributed by atoms with Crippen molar-refractivity contribution >= 4 is 17.7 Å². The summed E-state index contributed by atoms with van der Waals surface area (Å²) in [7, 11) is 0. The Hall–Kier alpha value is -3.56. The number of carboxylic acid groups (broad SMARTS) is 1. The lowest BCUT2D eigenvalue weighted by Gasteiger charge is -2.22. The molecule has 0 aliphatic heterocycles. The van der Waals surface area contributed by atoms with Gasteiger partial charge < -0.3 is 20.2 Å². The molecule has 3 aromatic rings. The quantitative estimate of drug-likeness (QED) is 0.484. The summed E-state index contributed by atoms with van der Waals surface area (Å²) in [5.74, 6) is -0.844. The molecule has 1 aromatic carbocycles. The van der Waals surface area contributed by atoms with Gasteiger partial charge in [0.25, 0.3) is 0 Å². The fraction of sp³-hybridized carbons (Fsp3) is 0.286. The number of nitrogens with zero attached hydrogens (tertiary/aromatic N) is 2. The van der Waals surface area contributed by atoms with E-state index in [0.717, 1.165) is 12.1 Å². The molecule has 1 aliphatic rings. The molecular formula is C21H19F3N4O3. The smallest absolute Gasteiger partial charge is 0.416 e. The van der Waals surface area contributed by atoms with E-state index in [2.05, 4.69) is 20.6 Å². The summed E-state index contributed by atoms with van der Waals surface area (Å²) in [6.45, 7) is 2.32. The van der Waals surface area contributed by atoms with Gasteiger partial charge in [-0.3, -0.25) is 0 Å². The Morgan fingerprint density at radius 3 is 2.58 bits per heavy atom. The standard InChI is InChI=1S/C21H19F3N4O3/c1-2-25-19-26-16(14-7-4-10-31-14)15(18(29)30)17(27-19)28-20(8-9-20)12-5-3-6-13(11-12)21(22,23)24/h3-7,10-11H,2,8-9H2,1H3,(H,29,30)(H2,25,26,27,28). The summed E-state index contributed by atoms with van der Waals surface area (Å²) >= 11 is 0. The minimum Gasteiger partial charge on any atom is -0.477 e. The van der Waals surface area contributed by atoms with Gasteiger partial charge in [-0.15, -0.1) is 0 Å². The van der Waals surface area contributed by atoms with Gasteiger partial charge in [0.1, 0.15) is 17.1 Å². The molecule has 0 unspecified atom stereocenters. The molecule has 0 saturated heterocycles. The van der Waals surface area contributed by atoms with Crippen molar-refractivity contribution < 1.29 is 27.5 Å². The van der Waals surface area contributed by atoms with Crippen LogP contribution in [0.2, 0.25) is 0 Å². The predicted octanol–water partition coefficient (Wildman–Crippen LogP) is 4.99. The topological polar surface area (TPSA) is 100 Å². The molecule has 2 heterocycles. The van der Waals surface area contributed by atoms with Crippen molar-refractivity contribution in [2.45, 2.75) is 31.5 Å². The molecule has 0 bridgehead atoms. The average molecular weight is 432 g/mol. The highest BCUT2D eigenvalue weighted by Crippen LogP contribution is 2.49. The lowest BCUT2D eigenvalue weighted by molar-refractivity contribution is -0.137. The maximum atomic E-state index is 13.2. The molecule has 162 valence electrons. The highest BCUT2D eigenvalue weighted by molar-refractivity contribution is 5.99. The zero-order chi connectivity index (χ0) is 22.2. The van der Waals surface area contributed by atoms with Gasteiger partial charge in [-0.05, 0) is 49.6 Å². The molecule has 1 saturated carbocycles. The molecule has 10 heteroatoms. The van der Waals surface area contributed by atoms with Gasteiger partial charge in [0.05, 0.1) is 17.4 Å². The lowest BCUT2D eigenvalue weighted by Crippen LogP contribution is -2.23. The molecule has 2 aromatic heterocycles. The van der Waals surface area contributed by atoms with Gasteiger partial charge in [-0.2, -0.15) is 18.2 Å². The van der Waals surface area contributed by atoms with Crippen LogP contribution >= 0.6 is 0 Å². The van der Waals surface area contributed by atoms with Gasteiger partial charge in [0, 0.05) is 6.54 Å². The zero-order valence-corrected chi connectivity index (χ0v) is 16.5. The zero-order valence-electron chi connectivity index (χ0n) is 16.5. The van der Waals surface area contributed by atoms with Crippen molar-refractivity contribution in [3.8, 4) is 11.5 Å². The third-order valence-corrected chi connectivity index (χ3v) is 5.06. The van der Waals surface area contributed by atoms with Gasteiger partial charge in [0.15, 0.2) is 5.76 Å². The SMILES string of the molecule is CCNc1nc(NC2(c3cccc(C(F)(F)F)c3)CC2)c(C(=O)O)c(-c2ccco2)n1. The van der Waals surface area contributed by atoms with Crippen molar-refractivity contribution in [1.29, 1.82) is 0 Å². The van der Waals surface area contributed by atoms with E-state index < -0.39 is 23.2 Å². The Labute approximate surface area is 175 Å². The number of aromatic nitrogens is 2. The summed E-state index contributed by atoms with van der Waals surface area (Å²) in [6.07, 6.45) is -2.01. The third-order valence-electron chi connectivity index (χ3n) is 5.06. The van der Waals surface area contributed by atoms with Gasteiger partial charge >= 0.3 is 12.1 Å². The molecule has 0 spiro atoms. The Kier molecular flexibility index (Phi) is 5.08. The van der Waals surface area contributed by atoms with Crippen LogP contribution in [-0.4, -0.2) is 27.6 Å². The second-order valence-corrected chi connectivity index (χ2v) is 7.22. The first-order valence-electron chi connectivity index (χ1n) is 9.62. The number of aromatic carboxylic acids is 1. The Balaban J connectivity index is 1.80. The Bertz CT molecular complexity index is 1110. The van der Waals surface area contributed by atoms with Crippen LogP contribution < -0.4 is 10.6 Å². The highest BCUT2D eigenvalue weighted by Gasteiger charge is 2.46. The number of furan rings is 1. The van der Waals surface area contributed by atoms with Crippen molar-refractivity contribution in [1.82, 2.24) is 9.97 Å². The molecule has 0 amide bonds. The van der Waals surface area contributed by atoms with E-state index in [9.17, 15) is 23.1 Å². The number of halogens is 3. The van der Waals surface area contributed by atoms with Crippen LogP contribution in [0.15, 0.2) is 47.1 Å². The van der Waals surface area contributed by atoms with Crippen LogP contribution in [0.5, 0.6) is 0 Å². The first-order valence-corrected chi connectivity index (χ1v) is 9.62. The van der Waals surface area contributed by atoms with Crippen LogP contribution in [-0.2, 0) is 11.7 Å².